The Bertz CT molecular complexity index is 685. The first-order chi connectivity index (χ1) is 14.2. The standard InChI is InChI=1S/C23H36N4O2/c1-3-14-29-21-11-7-8-18(15-21)16-25-23(24-4-2)26-20-12-13-27(17-20)22(28)19-9-5-6-10-19/h7-8,11,15,19-20H,3-6,9-10,12-14,16-17H2,1-2H3,(H2,24,25,26). The molecule has 1 atom stereocenters. The molecule has 0 aromatic heterocycles. The van der Waals surface area contributed by atoms with Crippen LogP contribution < -0.4 is 15.4 Å². The van der Waals surface area contributed by atoms with Crippen LogP contribution in [-0.2, 0) is 11.3 Å². The van der Waals surface area contributed by atoms with Crippen molar-refractivity contribution in [1.82, 2.24) is 15.5 Å². The van der Waals surface area contributed by atoms with Gasteiger partial charge in [-0.1, -0.05) is 31.9 Å². The van der Waals surface area contributed by atoms with E-state index in [-0.39, 0.29) is 12.0 Å². The Morgan fingerprint density at radius 2 is 2.07 bits per heavy atom. The maximum absolute atomic E-state index is 12.7. The van der Waals surface area contributed by atoms with Crippen molar-refractivity contribution in [3.05, 3.63) is 29.8 Å². The lowest BCUT2D eigenvalue weighted by molar-refractivity contribution is -0.134. The molecule has 1 amide bonds. The van der Waals surface area contributed by atoms with Crippen molar-refractivity contribution in [3.63, 3.8) is 0 Å². The van der Waals surface area contributed by atoms with Crippen LogP contribution in [0.15, 0.2) is 29.3 Å². The molecule has 1 unspecified atom stereocenters. The summed E-state index contributed by atoms with van der Waals surface area (Å²) in [5.41, 5.74) is 1.13. The minimum absolute atomic E-state index is 0.261. The molecule has 1 saturated heterocycles. The van der Waals surface area contributed by atoms with E-state index in [9.17, 15) is 4.79 Å². The third kappa shape index (κ3) is 6.38. The average Bonchev–Trinajstić information content (AvgIpc) is 3.43. The molecule has 1 aliphatic carbocycles. The number of ether oxygens (including phenoxy) is 1. The lowest BCUT2D eigenvalue weighted by atomic mass is 10.1. The second kappa shape index (κ2) is 11.1. The molecule has 1 aromatic rings. The summed E-state index contributed by atoms with van der Waals surface area (Å²) in [5, 5.41) is 6.86. The van der Waals surface area contributed by atoms with Crippen molar-refractivity contribution >= 4 is 11.9 Å². The van der Waals surface area contributed by atoms with Gasteiger partial charge in [-0.15, -0.1) is 0 Å². The van der Waals surface area contributed by atoms with Gasteiger partial charge in [-0.2, -0.15) is 0 Å². The van der Waals surface area contributed by atoms with E-state index in [4.69, 9.17) is 9.73 Å². The molecule has 2 fully saturated rings. The molecule has 0 radical (unpaired) electrons. The molecule has 3 rings (SSSR count). The van der Waals surface area contributed by atoms with Crippen LogP contribution in [0.25, 0.3) is 0 Å². The molecule has 0 spiro atoms. The van der Waals surface area contributed by atoms with Gasteiger partial charge in [-0.05, 0) is 50.3 Å². The number of carbonyl (C=O) groups is 1. The monoisotopic (exact) mass is 400 g/mol. The molecule has 2 N–H and O–H groups in total. The maximum atomic E-state index is 12.7. The lowest BCUT2D eigenvalue weighted by Gasteiger charge is -2.21. The summed E-state index contributed by atoms with van der Waals surface area (Å²) < 4.78 is 5.72. The van der Waals surface area contributed by atoms with Crippen LogP contribution in [0.2, 0.25) is 0 Å². The van der Waals surface area contributed by atoms with E-state index < -0.39 is 0 Å². The molecule has 1 aromatic carbocycles. The van der Waals surface area contributed by atoms with Crippen LogP contribution in [0.1, 0.15) is 57.9 Å². The number of benzene rings is 1. The Morgan fingerprint density at radius 1 is 1.24 bits per heavy atom. The van der Waals surface area contributed by atoms with Gasteiger partial charge in [-0.3, -0.25) is 4.79 Å². The SMILES string of the molecule is CCCOc1cccc(CN=C(NCC)NC2CCN(C(=O)C3CCCC3)C2)c1. The average molecular weight is 401 g/mol. The highest BCUT2D eigenvalue weighted by Gasteiger charge is 2.32. The second-order valence-corrected chi connectivity index (χ2v) is 8.09. The summed E-state index contributed by atoms with van der Waals surface area (Å²) in [5.74, 6) is 2.33. The summed E-state index contributed by atoms with van der Waals surface area (Å²) in [6.45, 7) is 7.94. The van der Waals surface area contributed by atoms with Crippen LogP contribution in [0.4, 0.5) is 0 Å². The van der Waals surface area contributed by atoms with Crippen LogP contribution in [0.5, 0.6) is 5.75 Å². The van der Waals surface area contributed by atoms with E-state index in [1.165, 1.54) is 12.8 Å². The lowest BCUT2D eigenvalue weighted by Crippen LogP contribution is -2.45. The number of likely N-dealkylation sites (tertiary alicyclic amines) is 1. The third-order valence-electron chi connectivity index (χ3n) is 5.68. The fourth-order valence-corrected chi connectivity index (χ4v) is 4.15. The Kier molecular flexibility index (Phi) is 8.20. The number of nitrogens with zero attached hydrogens (tertiary/aromatic N) is 2. The van der Waals surface area contributed by atoms with Crippen LogP contribution in [0.3, 0.4) is 0 Å². The maximum Gasteiger partial charge on any atom is 0.225 e. The largest absolute Gasteiger partial charge is 0.494 e. The molecule has 29 heavy (non-hydrogen) atoms. The van der Waals surface area contributed by atoms with E-state index in [2.05, 4.69) is 36.6 Å². The van der Waals surface area contributed by atoms with E-state index in [1.54, 1.807) is 0 Å². The summed E-state index contributed by atoms with van der Waals surface area (Å²) in [4.78, 5) is 19.5. The van der Waals surface area contributed by atoms with E-state index in [0.29, 0.717) is 12.5 Å². The minimum atomic E-state index is 0.261. The highest BCUT2D eigenvalue weighted by molar-refractivity contribution is 5.81. The summed E-state index contributed by atoms with van der Waals surface area (Å²) in [6.07, 6.45) is 6.51. The van der Waals surface area contributed by atoms with Crippen molar-refractivity contribution in [2.75, 3.05) is 26.2 Å². The van der Waals surface area contributed by atoms with Crippen LogP contribution >= 0.6 is 0 Å². The van der Waals surface area contributed by atoms with Crippen LogP contribution in [0, 0.1) is 5.92 Å². The third-order valence-corrected chi connectivity index (χ3v) is 5.68. The predicted molar refractivity (Wildman–Crippen MR) is 117 cm³/mol. The molecule has 2 aliphatic rings. The van der Waals surface area contributed by atoms with Gasteiger partial charge in [0, 0.05) is 31.6 Å². The fraction of sp³-hybridized carbons (Fsp3) is 0.652. The zero-order valence-corrected chi connectivity index (χ0v) is 18.0. The predicted octanol–water partition coefficient (Wildman–Crippen LogP) is 3.32. The van der Waals surface area contributed by atoms with Gasteiger partial charge in [0.15, 0.2) is 5.96 Å². The zero-order chi connectivity index (χ0) is 20.5. The molecule has 6 heteroatoms. The van der Waals surface area contributed by atoms with Crippen LogP contribution in [-0.4, -0.2) is 49.0 Å². The van der Waals surface area contributed by atoms with Gasteiger partial charge >= 0.3 is 0 Å². The first kappa shape index (κ1) is 21.5. The number of nitrogens with one attached hydrogen (secondary N) is 2. The number of carbonyl (C=O) groups excluding carboxylic acids is 1. The number of aliphatic imine (C=N–C) groups is 1. The number of amides is 1. The zero-order valence-electron chi connectivity index (χ0n) is 18.0. The number of hydrogen-bond acceptors (Lipinski definition) is 3. The van der Waals surface area contributed by atoms with E-state index in [1.807, 2.05) is 17.0 Å². The first-order valence-electron chi connectivity index (χ1n) is 11.2. The highest BCUT2D eigenvalue weighted by Crippen LogP contribution is 2.27. The molecule has 6 nitrogen and oxygen atoms in total. The normalized spacial score (nSPS) is 20.1. The fourth-order valence-electron chi connectivity index (χ4n) is 4.15. The molecule has 160 valence electrons. The number of hydrogen-bond donors (Lipinski definition) is 2. The van der Waals surface area contributed by atoms with E-state index in [0.717, 1.165) is 69.2 Å². The summed E-state index contributed by atoms with van der Waals surface area (Å²) in [7, 11) is 0. The molecular weight excluding hydrogens is 364 g/mol. The second-order valence-electron chi connectivity index (χ2n) is 8.09. The van der Waals surface area contributed by atoms with Gasteiger partial charge in [0.25, 0.3) is 0 Å². The minimum Gasteiger partial charge on any atom is -0.494 e. The van der Waals surface area contributed by atoms with Crippen molar-refractivity contribution in [2.45, 2.75) is 65.0 Å². The van der Waals surface area contributed by atoms with Gasteiger partial charge in [0.05, 0.1) is 13.2 Å². The Balaban J connectivity index is 1.53. The van der Waals surface area contributed by atoms with Crippen molar-refractivity contribution < 1.29 is 9.53 Å². The molecular formula is C23H36N4O2. The molecule has 1 saturated carbocycles. The molecule has 1 aliphatic heterocycles. The topological polar surface area (TPSA) is 66.0 Å². The van der Waals surface area contributed by atoms with Crippen molar-refractivity contribution in [2.24, 2.45) is 10.9 Å². The van der Waals surface area contributed by atoms with E-state index >= 15 is 0 Å². The highest BCUT2D eigenvalue weighted by atomic mass is 16.5. The first-order valence-corrected chi connectivity index (χ1v) is 11.2. The summed E-state index contributed by atoms with van der Waals surface area (Å²) in [6, 6.07) is 8.39. The van der Waals surface area contributed by atoms with Gasteiger partial charge in [0.1, 0.15) is 5.75 Å². The quantitative estimate of drug-likeness (QED) is 0.519. The molecule has 0 bridgehead atoms. The number of rotatable bonds is 8. The smallest absolute Gasteiger partial charge is 0.225 e. The Hall–Kier alpha value is -2.24. The van der Waals surface area contributed by atoms with Gasteiger partial charge in [0.2, 0.25) is 5.91 Å². The Labute approximate surface area is 175 Å². The Morgan fingerprint density at radius 3 is 2.83 bits per heavy atom. The summed E-state index contributed by atoms with van der Waals surface area (Å²) >= 11 is 0. The number of guanidine groups is 1. The molecule has 1 heterocycles. The van der Waals surface area contributed by atoms with Crippen molar-refractivity contribution in [3.8, 4) is 5.75 Å². The van der Waals surface area contributed by atoms with Crippen molar-refractivity contribution in [1.29, 1.82) is 0 Å². The van der Waals surface area contributed by atoms with Gasteiger partial charge in [-0.25, -0.2) is 4.99 Å². The van der Waals surface area contributed by atoms with Gasteiger partial charge < -0.3 is 20.3 Å².